The Morgan fingerprint density at radius 3 is 2.90 bits per heavy atom. The van der Waals surface area contributed by atoms with Gasteiger partial charge in [-0.25, -0.2) is 4.79 Å². The minimum absolute atomic E-state index is 0.148. The molecule has 5 N–H and O–H groups in total. The summed E-state index contributed by atoms with van der Waals surface area (Å²) >= 11 is 0. The molecule has 1 aliphatic heterocycles. The first kappa shape index (κ1) is 11.9. The molecule has 0 spiro atoms. The molecular formula is C12H15N3O5. The third-order valence-electron chi connectivity index (χ3n) is 3.24. The number of H-pyrrole nitrogens is 1. The number of terminal acetylenes is 1. The number of nitrogens with zero attached hydrogens (tertiary/aromatic N) is 1. The van der Waals surface area contributed by atoms with E-state index in [9.17, 15) is 19.8 Å². The van der Waals surface area contributed by atoms with Gasteiger partial charge in [-0.1, -0.05) is 5.92 Å². The van der Waals surface area contributed by atoms with Crippen LogP contribution in [-0.2, 0) is 4.74 Å². The number of nitrogens with one attached hydrogen (secondary N) is 1. The molecule has 0 radical (unpaired) electrons. The predicted octanol–water partition coefficient (Wildman–Crippen LogP) is -2.57. The smallest absolute Gasteiger partial charge is 0.330 e. The van der Waals surface area contributed by atoms with Crippen molar-refractivity contribution in [2.75, 3.05) is 6.56 Å². The largest absolute Gasteiger partial charge is 0.394 e. The summed E-state index contributed by atoms with van der Waals surface area (Å²) in [4.78, 5) is 25.2. The van der Waals surface area contributed by atoms with Crippen LogP contribution >= 0.6 is 0 Å². The summed E-state index contributed by atoms with van der Waals surface area (Å²) in [6, 6.07) is 1.09. The van der Waals surface area contributed by atoms with Gasteiger partial charge >= 0.3 is 5.69 Å². The van der Waals surface area contributed by atoms with E-state index >= 15 is 0 Å². The van der Waals surface area contributed by atoms with Crippen molar-refractivity contribution in [2.45, 2.75) is 30.9 Å². The molecule has 1 aromatic heterocycles. The van der Waals surface area contributed by atoms with Crippen LogP contribution in [0.5, 0.6) is 0 Å². The number of aliphatic hydroxyl groups is 2. The highest BCUT2D eigenvalue weighted by Crippen LogP contribution is 2.35. The highest BCUT2D eigenvalue weighted by molar-refractivity contribution is 5.23. The van der Waals surface area contributed by atoms with E-state index in [4.69, 9.17) is 19.6 Å². The first-order chi connectivity index (χ1) is 10.0. The number of nitrogens with two attached hydrogens (primary N) is 1. The lowest BCUT2D eigenvalue weighted by molar-refractivity contribution is -0.0484. The van der Waals surface area contributed by atoms with E-state index in [1.165, 1.54) is 6.92 Å². The first-order valence-electron chi connectivity index (χ1n) is 6.67. The third kappa shape index (κ3) is 1.97. The van der Waals surface area contributed by atoms with Crippen molar-refractivity contribution in [2.24, 2.45) is 5.73 Å². The van der Waals surface area contributed by atoms with Gasteiger partial charge in [0.2, 0.25) is 0 Å². The SMILES string of the molecule is [2H]C([2H])(O)[C@H]1O[C@@H](n2c(C)cc(=O)[nH]c2=O)[C@@](N)(C#C)C1O. The van der Waals surface area contributed by atoms with Crippen molar-refractivity contribution in [3.8, 4) is 12.3 Å². The summed E-state index contributed by atoms with van der Waals surface area (Å²) in [5.74, 6) is 2.08. The van der Waals surface area contributed by atoms with Gasteiger partial charge in [0.25, 0.3) is 5.56 Å². The fourth-order valence-electron chi connectivity index (χ4n) is 2.17. The zero-order valence-electron chi connectivity index (χ0n) is 12.5. The molecule has 1 fully saturated rings. The molecule has 2 rings (SSSR count). The summed E-state index contributed by atoms with van der Waals surface area (Å²) in [5, 5.41) is 19.6. The Labute approximate surface area is 116 Å². The van der Waals surface area contributed by atoms with Crippen LogP contribution in [0, 0.1) is 19.3 Å². The average Bonchev–Trinajstić information content (AvgIpc) is 2.63. The quantitative estimate of drug-likeness (QED) is 0.441. The van der Waals surface area contributed by atoms with Gasteiger partial charge in [-0.3, -0.25) is 14.3 Å². The van der Waals surface area contributed by atoms with Gasteiger partial charge in [0.15, 0.2) is 11.8 Å². The summed E-state index contributed by atoms with van der Waals surface area (Å²) in [6.45, 7) is -1.51. The highest BCUT2D eigenvalue weighted by atomic mass is 16.5. The van der Waals surface area contributed by atoms with Gasteiger partial charge in [0.05, 0.1) is 9.30 Å². The number of aromatic nitrogens is 2. The Morgan fingerprint density at radius 2 is 2.40 bits per heavy atom. The fourth-order valence-corrected chi connectivity index (χ4v) is 2.17. The van der Waals surface area contributed by atoms with Gasteiger partial charge in [-0.05, 0) is 6.92 Å². The topological polar surface area (TPSA) is 131 Å². The molecule has 0 aliphatic carbocycles. The molecule has 0 aromatic carbocycles. The molecule has 0 amide bonds. The van der Waals surface area contributed by atoms with Crippen molar-refractivity contribution in [3.05, 3.63) is 32.6 Å². The van der Waals surface area contributed by atoms with Crippen LogP contribution in [0.4, 0.5) is 0 Å². The average molecular weight is 283 g/mol. The van der Waals surface area contributed by atoms with Crippen molar-refractivity contribution < 1.29 is 17.7 Å². The van der Waals surface area contributed by atoms with Crippen LogP contribution in [0.3, 0.4) is 0 Å². The highest BCUT2D eigenvalue weighted by Gasteiger charge is 2.54. The second-order valence-corrected chi connectivity index (χ2v) is 4.51. The van der Waals surface area contributed by atoms with Crippen LogP contribution in [0.15, 0.2) is 15.7 Å². The standard InChI is InChI=1S/C12H15N3O5/c1-3-12(13)9(18)7(5-16)20-10(12)15-6(2)4-8(17)14-11(15)19/h1,4,7,9-10,16,18H,5,13H2,2H3,(H,14,17,19)/t7-,9?,10-,12-/m1/s1/i5D2. The minimum Gasteiger partial charge on any atom is -0.394 e. The molecule has 0 bridgehead atoms. The lowest BCUT2D eigenvalue weighted by atomic mass is 9.92. The zero-order chi connectivity index (χ0) is 16.9. The van der Waals surface area contributed by atoms with Gasteiger partial charge < -0.3 is 20.7 Å². The summed E-state index contributed by atoms with van der Waals surface area (Å²) in [6.07, 6.45) is 0.303. The third-order valence-corrected chi connectivity index (χ3v) is 3.24. The summed E-state index contributed by atoms with van der Waals surface area (Å²) in [5.41, 5.74) is 2.54. The van der Waals surface area contributed by atoms with Gasteiger partial charge in [-0.2, -0.15) is 0 Å². The van der Waals surface area contributed by atoms with Crippen LogP contribution in [0.25, 0.3) is 0 Å². The molecule has 1 aliphatic rings. The van der Waals surface area contributed by atoms with E-state index in [1.807, 2.05) is 4.98 Å². The Balaban J connectivity index is 2.63. The zero-order valence-corrected chi connectivity index (χ0v) is 10.5. The van der Waals surface area contributed by atoms with Crippen molar-refractivity contribution >= 4 is 0 Å². The maximum absolute atomic E-state index is 12.0. The number of hydrogen-bond donors (Lipinski definition) is 4. The molecule has 108 valence electrons. The molecule has 8 nitrogen and oxygen atoms in total. The Morgan fingerprint density at radius 1 is 1.75 bits per heavy atom. The van der Waals surface area contributed by atoms with E-state index in [1.54, 1.807) is 0 Å². The van der Waals surface area contributed by atoms with Gasteiger partial charge in [0.1, 0.15) is 12.2 Å². The molecule has 1 aromatic rings. The number of aliphatic hydroxyl groups excluding tert-OH is 1. The Hall–Kier alpha value is -1.92. The number of rotatable bonds is 2. The maximum atomic E-state index is 12.0. The summed E-state index contributed by atoms with van der Waals surface area (Å²) < 4.78 is 20.7. The van der Waals surface area contributed by atoms with E-state index in [0.717, 1.165) is 10.6 Å². The van der Waals surface area contributed by atoms with Gasteiger partial charge in [-0.15, -0.1) is 6.42 Å². The maximum Gasteiger partial charge on any atom is 0.330 e. The summed E-state index contributed by atoms with van der Waals surface area (Å²) in [7, 11) is 0. The Bertz CT molecular complexity index is 747. The monoisotopic (exact) mass is 283 g/mol. The van der Waals surface area contributed by atoms with E-state index in [0.29, 0.717) is 0 Å². The molecule has 1 saturated heterocycles. The second-order valence-electron chi connectivity index (χ2n) is 4.51. The van der Waals surface area contributed by atoms with Crippen molar-refractivity contribution in [3.63, 3.8) is 0 Å². The minimum atomic E-state index is -2.94. The molecule has 4 atom stereocenters. The fraction of sp³-hybridized carbons (Fsp3) is 0.500. The van der Waals surface area contributed by atoms with Crippen LogP contribution < -0.4 is 17.0 Å². The van der Waals surface area contributed by atoms with Crippen molar-refractivity contribution in [1.82, 2.24) is 9.55 Å². The predicted molar refractivity (Wildman–Crippen MR) is 68.8 cm³/mol. The molecule has 2 heterocycles. The molecular weight excluding hydrogens is 266 g/mol. The number of ether oxygens (including phenoxy) is 1. The van der Waals surface area contributed by atoms with E-state index in [2.05, 4.69) is 5.92 Å². The second kappa shape index (κ2) is 4.88. The van der Waals surface area contributed by atoms with Crippen molar-refractivity contribution in [1.29, 1.82) is 0 Å². The van der Waals surface area contributed by atoms with Crippen LogP contribution in [0.1, 0.15) is 14.7 Å². The normalized spacial score (nSPS) is 35.2. The van der Waals surface area contributed by atoms with E-state index < -0.39 is 41.8 Å². The molecule has 20 heavy (non-hydrogen) atoms. The number of aromatic amines is 1. The Kier molecular flexibility index (Phi) is 2.90. The molecule has 0 saturated carbocycles. The lowest BCUT2D eigenvalue weighted by Crippen LogP contribution is -2.55. The number of aryl methyl sites for hydroxylation is 1. The van der Waals surface area contributed by atoms with Crippen LogP contribution in [0.2, 0.25) is 0 Å². The number of hydrogen-bond acceptors (Lipinski definition) is 6. The first-order valence-corrected chi connectivity index (χ1v) is 5.67. The van der Waals surface area contributed by atoms with E-state index in [-0.39, 0.29) is 5.69 Å². The lowest BCUT2D eigenvalue weighted by Gasteiger charge is -2.28. The molecule has 1 unspecified atom stereocenters. The van der Waals surface area contributed by atoms with Gasteiger partial charge in [0, 0.05) is 11.8 Å². The molecule has 8 heteroatoms. The van der Waals surface area contributed by atoms with Crippen LogP contribution in [-0.4, -0.2) is 44.1 Å².